The van der Waals surface area contributed by atoms with E-state index < -0.39 is 31.4 Å². The van der Waals surface area contributed by atoms with E-state index >= 15 is 0 Å². The van der Waals surface area contributed by atoms with Gasteiger partial charge in [0.2, 0.25) is 0 Å². The van der Waals surface area contributed by atoms with Gasteiger partial charge in [0.05, 0.1) is 6.10 Å². The maximum Gasteiger partial charge on any atom is 0.164 e. The molecule has 5 atom stereocenters. The molecular formula is C16H28N3O3P. The van der Waals surface area contributed by atoms with Crippen LogP contribution < -0.4 is 5.73 Å². The van der Waals surface area contributed by atoms with Gasteiger partial charge >= 0.3 is 0 Å². The summed E-state index contributed by atoms with van der Waals surface area (Å²) in [5.74, 6) is 0.887. The Morgan fingerprint density at radius 3 is 2.61 bits per heavy atom. The van der Waals surface area contributed by atoms with Gasteiger partial charge in [-0.15, -0.1) is 13.2 Å². The Morgan fingerprint density at radius 1 is 1.43 bits per heavy atom. The molecule has 6 nitrogen and oxygen atoms in total. The highest BCUT2D eigenvalue weighted by Crippen LogP contribution is 2.41. The fourth-order valence-electron chi connectivity index (χ4n) is 3.12. The Balaban J connectivity index is 2.17. The van der Waals surface area contributed by atoms with Crippen LogP contribution in [0.25, 0.3) is 0 Å². The SMILES string of the molecule is C=C1N=C(N)C(C)=CN1[C@@H]1O[C@H](C(C)CP(=C)(C)C)[C@@H](O)[C@H]1O. The van der Waals surface area contributed by atoms with Crippen molar-refractivity contribution in [2.45, 2.75) is 38.4 Å². The van der Waals surface area contributed by atoms with Crippen molar-refractivity contribution in [3.8, 4) is 0 Å². The number of ether oxygens (including phenoxy) is 1. The van der Waals surface area contributed by atoms with Crippen LogP contribution in [-0.2, 0) is 4.74 Å². The van der Waals surface area contributed by atoms with Gasteiger partial charge in [0, 0.05) is 11.8 Å². The molecule has 2 rings (SSSR count). The van der Waals surface area contributed by atoms with Crippen LogP contribution in [0, 0.1) is 5.92 Å². The van der Waals surface area contributed by atoms with E-state index in [0.717, 1.165) is 11.7 Å². The second-order valence-electron chi connectivity index (χ2n) is 7.20. The first kappa shape index (κ1) is 18.3. The fraction of sp³-hybridized carbons (Fsp3) is 0.625. The van der Waals surface area contributed by atoms with Gasteiger partial charge in [-0.1, -0.05) is 13.5 Å². The van der Waals surface area contributed by atoms with Crippen molar-refractivity contribution < 1.29 is 14.9 Å². The third-order valence-electron chi connectivity index (χ3n) is 4.18. The number of rotatable bonds is 4. The van der Waals surface area contributed by atoms with E-state index in [-0.39, 0.29) is 5.92 Å². The molecular weight excluding hydrogens is 313 g/mol. The predicted octanol–water partition coefficient (Wildman–Crippen LogP) is 0.826. The molecule has 1 unspecified atom stereocenters. The molecule has 0 radical (unpaired) electrons. The first-order valence-electron chi connectivity index (χ1n) is 7.70. The van der Waals surface area contributed by atoms with Crippen LogP contribution >= 0.6 is 6.89 Å². The van der Waals surface area contributed by atoms with Crippen LogP contribution in [0.4, 0.5) is 0 Å². The maximum absolute atomic E-state index is 10.4. The van der Waals surface area contributed by atoms with Gasteiger partial charge in [0.25, 0.3) is 0 Å². The number of nitrogens with zero attached hydrogens (tertiary/aromatic N) is 2. The van der Waals surface area contributed by atoms with Crippen LogP contribution in [0.1, 0.15) is 13.8 Å². The third-order valence-corrected chi connectivity index (χ3v) is 5.74. The number of amidine groups is 1. The summed E-state index contributed by atoms with van der Waals surface area (Å²) in [7, 11) is 0. The van der Waals surface area contributed by atoms with Gasteiger partial charge in [0.1, 0.15) is 23.9 Å². The lowest BCUT2D eigenvalue weighted by Gasteiger charge is -2.32. The monoisotopic (exact) mass is 341 g/mol. The van der Waals surface area contributed by atoms with Crippen LogP contribution in [0.3, 0.4) is 0 Å². The molecule has 23 heavy (non-hydrogen) atoms. The Kier molecular flexibility index (Phi) is 5.12. The van der Waals surface area contributed by atoms with Crippen LogP contribution in [0.5, 0.6) is 0 Å². The number of aliphatic hydroxyl groups is 2. The Morgan fingerprint density at radius 2 is 2.04 bits per heavy atom. The van der Waals surface area contributed by atoms with E-state index in [9.17, 15) is 10.2 Å². The second-order valence-corrected chi connectivity index (χ2v) is 11.4. The highest BCUT2D eigenvalue weighted by atomic mass is 31.2. The lowest BCUT2D eigenvalue weighted by Crippen LogP contribution is -2.42. The molecule has 0 bridgehead atoms. The smallest absolute Gasteiger partial charge is 0.164 e. The fourth-order valence-corrected chi connectivity index (χ4v) is 4.89. The van der Waals surface area contributed by atoms with Crippen molar-refractivity contribution >= 4 is 19.0 Å². The summed E-state index contributed by atoms with van der Waals surface area (Å²) in [5.41, 5.74) is 6.54. The van der Waals surface area contributed by atoms with Gasteiger partial charge in [-0.2, -0.15) is 0 Å². The molecule has 0 spiro atoms. The Hall–Kier alpha value is -1.07. The van der Waals surface area contributed by atoms with Crippen molar-refractivity contribution in [1.82, 2.24) is 4.90 Å². The first-order chi connectivity index (χ1) is 10.5. The van der Waals surface area contributed by atoms with Crippen molar-refractivity contribution in [3.63, 3.8) is 0 Å². The summed E-state index contributed by atoms with van der Waals surface area (Å²) in [6.07, 6.45) is 3.69. The van der Waals surface area contributed by atoms with E-state index in [1.807, 2.05) is 13.8 Å². The van der Waals surface area contributed by atoms with Crippen molar-refractivity contribution in [2.75, 3.05) is 19.5 Å². The minimum absolute atomic E-state index is 0.0992. The van der Waals surface area contributed by atoms with Gasteiger partial charge in [0.15, 0.2) is 6.23 Å². The van der Waals surface area contributed by atoms with E-state index in [0.29, 0.717) is 11.7 Å². The van der Waals surface area contributed by atoms with Crippen LogP contribution in [-0.4, -0.2) is 71.3 Å². The highest BCUT2D eigenvalue weighted by molar-refractivity contribution is 7.72. The number of hydrogen-bond acceptors (Lipinski definition) is 6. The molecule has 2 aliphatic rings. The first-order valence-corrected chi connectivity index (χ1v) is 10.8. The minimum atomic E-state index is -1.26. The van der Waals surface area contributed by atoms with Gasteiger partial charge in [-0.3, -0.25) is 0 Å². The third kappa shape index (κ3) is 3.89. The zero-order chi connectivity index (χ0) is 17.5. The molecule has 2 heterocycles. The number of aliphatic hydroxyl groups excluding tert-OH is 2. The topological polar surface area (TPSA) is 91.3 Å². The summed E-state index contributed by atoms with van der Waals surface area (Å²) in [6, 6.07) is 0. The van der Waals surface area contributed by atoms with E-state index in [4.69, 9.17) is 10.5 Å². The summed E-state index contributed by atoms with van der Waals surface area (Å²) in [4.78, 5) is 5.79. The number of nitrogens with two attached hydrogens (primary N) is 1. The zero-order valence-electron chi connectivity index (χ0n) is 14.3. The molecule has 0 amide bonds. The molecule has 0 aromatic carbocycles. The molecule has 1 saturated heterocycles. The molecule has 0 aromatic heterocycles. The average Bonchev–Trinajstić information content (AvgIpc) is 2.69. The zero-order valence-corrected chi connectivity index (χ0v) is 15.2. The minimum Gasteiger partial charge on any atom is -0.388 e. The van der Waals surface area contributed by atoms with Gasteiger partial charge < -0.3 is 25.6 Å². The molecule has 2 aliphatic heterocycles. The molecule has 4 N–H and O–H groups in total. The molecule has 0 aromatic rings. The quantitative estimate of drug-likeness (QED) is 0.659. The molecule has 0 aliphatic carbocycles. The normalized spacial score (nSPS) is 33.5. The molecule has 130 valence electrons. The molecule has 0 saturated carbocycles. The standard InChI is InChI=1S/C16H28N3O3P/c1-9-7-19(11(3)18-15(9)17)16-13(21)12(20)14(22-16)10(2)8-23(4,5)6/h7,10,12-14,16,20-21H,3-4,8H2,1-2,5-6H3,(H2,17,18)/t10?,12-,13+,14+,16+/m0/s1. The van der Waals surface area contributed by atoms with Gasteiger partial charge in [-0.25, -0.2) is 4.99 Å². The van der Waals surface area contributed by atoms with Crippen molar-refractivity contribution in [3.05, 3.63) is 24.2 Å². The summed E-state index contributed by atoms with van der Waals surface area (Å²) in [6.45, 7) is 10.7. The largest absolute Gasteiger partial charge is 0.388 e. The second kappa shape index (κ2) is 6.44. The summed E-state index contributed by atoms with van der Waals surface area (Å²) in [5, 5.41) is 20.8. The number of aliphatic imine (C=N–C) groups is 1. The van der Waals surface area contributed by atoms with Crippen molar-refractivity contribution in [1.29, 1.82) is 0 Å². The summed E-state index contributed by atoms with van der Waals surface area (Å²) >= 11 is 0. The predicted molar refractivity (Wildman–Crippen MR) is 97.0 cm³/mol. The Labute approximate surface area is 138 Å². The molecule has 7 heteroatoms. The lowest BCUT2D eigenvalue weighted by molar-refractivity contribution is -0.0682. The van der Waals surface area contributed by atoms with E-state index in [1.54, 1.807) is 11.1 Å². The summed E-state index contributed by atoms with van der Waals surface area (Å²) < 4.78 is 5.99. The Bertz CT molecular complexity index is 595. The van der Waals surface area contributed by atoms with E-state index in [2.05, 4.69) is 31.2 Å². The highest BCUT2D eigenvalue weighted by Gasteiger charge is 2.48. The van der Waals surface area contributed by atoms with Crippen LogP contribution in [0.2, 0.25) is 0 Å². The number of hydrogen-bond donors (Lipinski definition) is 3. The van der Waals surface area contributed by atoms with Crippen LogP contribution in [0.15, 0.2) is 29.2 Å². The van der Waals surface area contributed by atoms with Crippen molar-refractivity contribution in [2.24, 2.45) is 16.6 Å². The lowest BCUT2D eigenvalue weighted by atomic mass is 10.00. The van der Waals surface area contributed by atoms with E-state index in [1.165, 1.54) is 0 Å². The molecule has 1 fully saturated rings. The van der Waals surface area contributed by atoms with Gasteiger partial charge in [-0.05, 0) is 32.3 Å². The maximum atomic E-state index is 10.4. The average molecular weight is 341 g/mol.